The molecule has 1 aliphatic heterocycles. The zero-order chi connectivity index (χ0) is 10.7. The van der Waals surface area contributed by atoms with Gasteiger partial charge < -0.3 is 9.84 Å². The molecule has 0 radical (unpaired) electrons. The molecule has 0 spiro atoms. The molecule has 1 aromatic carbocycles. The molecule has 3 nitrogen and oxygen atoms in total. The number of benzene rings is 1. The molecule has 0 amide bonds. The zero-order valence-electron chi connectivity index (χ0n) is 8.39. The van der Waals surface area contributed by atoms with Crippen molar-refractivity contribution in [3.8, 4) is 11.8 Å². The van der Waals surface area contributed by atoms with Crippen molar-refractivity contribution in [3.05, 3.63) is 29.8 Å². The summed E-state index contributed by atoms with van der Waals surface area (Å²) in [6, 6.07) is 9.96. The second-order valence-electron chi connectivity index (χ2n) is 3.68. The molecular formula is C12H13NO2. The van der Waals surface area contributed by atoms with Crippen LogP contribution in [0.4, 0.5) is 0 Å². The van der Waals surface area contributed by atoms with E-state index in [-0.39, 0.29) is 18.6 Å². The average molecular weight is 203 g/mol. The van der Waals surface area contributed by atoms with Crippen LogP contribution in [-0.2, 0) is 0 Å². The van der Waals surface area contributed by atoms with Crippen LogP contribution in [0.2, 0.25) is 0 Å². The van der Waals surface area contributed by atoms with Gasteiger partial charge in [-0.05, 0) is 6.07 Å². The van der Waals surface area contributed by atoms with Gasteiger partial charge in [0.25, 0.3) is 0 Å². The molecule has 1 heterocycles. The van der Waals surface area contributed by atoms with Crippen molar-refractivity contribution in [2.45, 2.75) is 24.9 Å². The second-order valence-corrected chi connectivity index (χ2v) is 3.68. The van der Waals surface area contributed by atoms with E-state index in [0.717, 1.165) is 11.3 Å². The van der Waals surface area contributed by atoms with Gasteiger partial charge >= 0.3 is 0 Å². The summed E-state index contributed by atoms with van der Waals surface area (Å²) >= 11 is 0. The summed E-state index contributed by atoms with van der Waals surface area (Å²) in [6.45, 7) is 0.0978. The molecule has 0 bridgehead atoms. The third-order valence-electron chi connectivity index (χ3n) is 2.77. The molecule has 0 saturated heterocycles. The highest BCUT2D eigenvalue weighted by Gasteiger charge is 2.33. The van der Waals surface area contributed by atoms with Gasteiger partial charge in [-0.25, -0.2) is 0 Å². The number of ether oxygens (including phenoxy) is 1. The number of para-hydroxylation sites is 1. The van der Waals surface area contributed by atoms with Crippen LogP contribution >= 0.6 is 0 Å². The molecule has 3 heteroatoms. The lowest BCUT2D eigenvalue weighted by molar-refractivity contribution is 0.156. The van der Waals surface area contributed by atoms with Gasteiger partial charge in [-0.15, -0.1) is 0 Å². The van der Waals surface area contributed by atoms with E-state index in [2.05, 4.69) is 6.07 Å². The van der Waals surface area contributed by atoms with E-state index in [1.54, 1.807) is 0 Å². The van der Waals surface area contributed by atoms with Crippen LogP contribution in [0.1, 0.15) is 24.3 Å². The molecule has 15 heavy (non-hydrogen) atoms. The Morgan fingerprint density at radius 3 is 2.93 bits per heavy atom. The Kier molecular flexibility index (Phi) is 2.89. The number of nitrogens with zero attached hydrogens (tertiary/aromatic N) is 1. The summed E-state index contributed by atoms with van der Waals surface area (Å²) in [7, 11) is 0. The fourth-order valence-corrected chi connectivity index (χ4v) is 2.07. The molecule has 0 saturated carbocycles. The van der Waals surface area contributed by atoms with E-state index >= 15 is 0 Å². The van der Waals surface area contributed by atoms with Gasteiger partial charge in [0.15, 0.2) is 0 Å². The number of hydrogen-bond donors (Lipinski definition) is 1. The Morgan fingerprint density at radius 1 is 1.40 bits per heavy atom. The highest BCUT2D eigenvalue weighted by atomic mass is 16.5. The third-order valence-corrected chi connectivity index (χ3v) is 2.77. The summed E-state index contributed by atoms with van der Waals surface area (Å²) in [5.74, 6) is 0.967. The zero-order valence-corrected chi connectivity index (χ0v) is 8.39. The number of rotatable bonds is 3. The fraction of sp³-hybridized carbons (Fsp3) is 0.417. The molecule has 2 unspecified atom stereocenters. The number of hydrogen-bond acceptors (Lipinski definition) is 3. The molecule has 2 rings (SSSR count). The van der Waals surface area contributed by atoms with Crippen molar-refractivity contribution in [3.63, 3.8) is 0 Å². The van der Waals surface area contributed by atoms with Crippen LogP contribution in [0.25, 0.3) is 0 Å². The van der Waals surface area contributed by atoms with Gasteiger partial charge in [0.2, 0.25) is 0 Å². The van der Waals surface area contributed by atoms with Gasteiger partial charge in [0, 0.05) is 30.9 Å². The molecule has 0 aliphatic carbocycles. The Balaban J connectivity index is 2.26. The molecule has 78 valence electrons. The summed E-state index contributed by atoms with van der Waals surface area (Å²) in [5, 5.41) is 17.7. The molecule has 1 aliphatic rings. The average Bonchev–Trinajstić information content (AvgIpc) is 2.59. The molecule has 1 N–H and O–H groups in total. The van der Waals surface area contributed by atoms with Crippen molar-refractivity contribution in [2.75, 3.05) is 6.61 Å². The van der Waals surface area contributed by atoms with E-state index in [1.165, 1.54) is 0 Å². The predicted molar refractivity (Wildman–Crippen MR) is 55.5 cm³/mol. The summed E-state index contributed by atoms with van der Waals surface area (Å²) in [6.07, 6.45) is 0.981. The smallest absolute Gasteiger partial charge is 0.123 e. The first-order valence-corrected chi connectivity index (χ1v) is 5.10. The standard InChI is InChI=1S/C12H13NO2/c13-7-5-10-9-3-1-2-4-11(9)15-12(10)6-8-14/h1-4,10,12,14H,5-6,8H2. The van der Waals surface area contributed by atoms with Gasteiger partial charge in [-0.1, -0.05) is 18.2 Å². The highest BCUT2D eigenvalue weighted by Crippen LogP contribution is 2.40. The van der Waals surface area contributed by atoms with Gasteiger partial charge in [0.05, 0.1) is 6.07 Å². The second kappa shape index (κ2) is 4.33. The maximum Gasteiger partial charge on any atom is 0.123 e. The van der Waals surface area contributed by atoms with E-state index in [0.29, 0.717) is 12.8 Å². The maximum atomic E-state index is 8.93. The maximum absolute atomic E-state index is 8.93. The minimum absolute atomic E-state index is 0.0490. The number of aliphatic hydroxyl groups excluding tert-OH is 1. The third kappa shape index (κ3) is 1.81. The number of fused-ring (bicyclic) bond motifs is 1. The normalized spacial score (nSPS) is 22.9. The predicted octanol–water partition coefficient (Wildman–Crippen LogP) is 1.83. The van der Waals surface area contributed by atoms with Crippen molar-refractivity contribution < 1.29 is 9.84 Å². The molecule has 1 aromatic rings. The monoisotopic (exact) mass is 203 g/mol. The lowest BCUT2D eigenvalue weighted by Crippen LogP contribution is -2.19. The minimum atomic E-state index is -0.0490. The fourth-order valence-electron chi connectivity index (χ4n) is 2.07. The lowest BCUT2D eigenvalue weighted by Gasteiger charge is -2.15. The van der Waals surface area contributed by atoms with Crippen LogP contribution in [0.5, 0.6) is 5.75 Å². The van der Waals surface area contributed by atoms with E-state index in [4.69, 9.17) is 15.1 Å². The molecule has 2 atom stereocenters. The van der Waals surface area contributed by atoms with E-state index < -0.39 is 0 Å². The van der Waals surface area contributed by atoms with Gasteiger partial charge in [-0.3, -0.25) is 0 Å². The SMILES string of the molecule is N#CCC1c2ccccc2OC1CCO. The van der Waals surface area contributed by atoms with Crippen molar-refractivity contribution >= 4 is 0 Å². The first-order valence-electron chi connectivity index (χ1n) is 5.10. The Bertz CT molecular complexity index is 383. The Morgan fingerprint density at radius 2 is 2.20 bits per heavy atom. The minimum Gasteiger partial charge on any atom is -0.489 e. The van der Waals surface area contributed by atoms with E-state index in [9.17, 15) is 0 Å². The summed E-state index contributed by atoms with van der Waals surface area (Å²) in [5.41, 5.74) is 1.09. The highest BCUT2D eigenvalue weighted by molar-refractivity contribution is 5.41. The van der Waals surface area contributed by atoms with Crippen LogP contribution < -0.4 is 4.74 Å². The van der Waals surface area contributed by atoms with E-state index in [1.807, 2.05) is 24.3 Å². The van der Waals surface area contributed by atoms with Crippen molar-refractivity contribution in [1.82, 2.24) is 0 Å². The topological polar surface area (TPSA) is 53.2 Å². The van der Waals surface area contributed by atoms with Gasteiger partial charge in [0.1, 0.15) is 11.9 Å². The largest absolute Gasteiger partial charge is 0.489 e. The number of nitriles is 1. The van der Waals surface area contributed by atoms with Crippen LogP contribution in [0, 0.1) is 11.3 Å². The summed E-state index contributed by atoms with van der Waals surface area (Å²) < 4.78 is 5.70. The lowest BCUT2D eigenvalue weighted by atomic mass is 9.91. The quantitative estimate of drug-likeness (QED) is 0.815. The van der Waals surface area contributed by atoms with Crippen LogP contribution in [0.3, 0.4) is 0 Å². The molecule has 0 fully saturated rings. The number of aliphatic hydroxyl groups is 1. The molecule has 0 aromatic heterocycles. The van der Waals surface area contributed by atoms with Crippen molar-refractivity contribution in [2.24, 2.45) is 0 Å². The Hall–Kier alpha value is -1.53. The first kappa shape index (κ1) is 10.0. The first-order chi connectivity index (χ1) is 7.36. The van der Waals surface area contributed by atoms with Gasteiger partial charge in [-0.2, -0.15) is 5.26 Å². The van der Waals surface area contributed by atoms with Crippen LogP contribution in [-0.4, -0.2) is 17.8 Å². The van der Waals surface area contributed by atoms with Crippen LogP contribution in [0.15, 0.2) is 24.3 Å². The Labute approximate surface area is 88.9 Å². The molecular weight excluding hydrogens is 190 g/mol. The van der Waals surface area contributed by atoms with Crippen molar-refractivity contribution in [1.29, 1.82) is 5.26 Å². The summed E-state index contributed by atoms with van der Waals surface area (Å²) in [4.78, 5) is 0.